The Labute approximate surface area is 41.3 Å². The molecular formula is C4H7F2O. The molecule has 0 aliphatic heterocycles. The summed E-state index contributed by atoms with van der Waals surface area (Å²) in [6.45, 7) is 3.89. The van der Waals surface area contributed by atoms with Crippen LogP contribution in [0.2, 0.25) is 0 Å². The van der Waals surface area contributed by atoms with E-state index in [1.807, 2.05) is 0 Å². The van der Waals surface area contributed by atoms with E-state index in [9.17, 15) is 8.78 Å². The second-order valence-corrected chi connectivity index (χ2v) is 1.07. The second kappa shape index (κ2) is 2.21. The summed E-state index contributed by atoms with van der Waals surface area (Å²) in [6.07, 6.45) is -3.20. The van der Waals surface area contributed by atoms with Crippen molar-refractivity contribution < 1.29 is 13.5 Å². The Balaban J connectivity index is 3.15. The number of hydrogen-bond donors (Lipinski definition) is 0. The first kappa shape index (κ1) is 6.82. The maximum atomic E-state index is 11.4. The van der Waals surface area contributed by atoms with Gasteiger partial charge in [0.1, 0.15) is 0 Å². The highest BCUT2D eigenvalue weighted by molar-refractivity contribution is 4.50. The van der Waals surface area contributed by atoms with Crippen molar-refractivity contribution in [1.82, 2.24) is 0 Å². The van der Waals surface area contributed by atoms with Crippen molar-refractivity contribution in [2.24, 2.45) is 0 Å². The fraction of sp³-hybridized carbons (Fsp3) is 0.750. The van der Waals surface area contributed by atoms with Gasteiger partial charge in [0.15, 0.2) is 0 Å². The Morgan fingerprint density at radius 1 is 1.71 bits per heavy atom. The van der Waals surface area contributed by atoms with Crippen LogP contribution < -0.4 is 0 Å². The maximum absolute atomic E-state index is 11.4. The highest BCUT2D eigenvalue weighted by Crippen LogP contribution is 2.10. The summed E-state index contributed by atoms with van der Waals surface area (Å²) >= 11 is 0. The minimum atomic E-state index is -3.20. The van der Waals surface area contributed by atoms with Crippen molar-refractivity contribution >= 4 is 0 Å². The number of hydrogen-bond acceptors (Lipinski definition) is 1. The van der Waals surface area contributed by atoms with Crippen LogP contribution in [0.15, 0.2) is 0 Å². The van der Waals surface area contributed by atoms with E-state index in [2.05, 4.69) is 11.7 Å². The third kappa shape index (κ3) is 5.82. The van der Waals surface area contributed by atoms with Crippen LogP contribution in [0.25, 0.3) is 0 Å². The van der Waals surface area contributed by atoms with Crippen LogP contribution >= 0.6 is 0 Å². The summed E-state index contributed by atoms with van der Waals surface area (Å²) in [5.74, 6) is 0. The van der Waals surface area contributed by atoms with Gasteiger partial charge in [-0.05, 0) is 6.92 Å². The lowest BCUT2D eigenvalue weighted by atomic mass is 10.7. The van der Waals surface area contributed by atoms with Gasteiger partial charge in [-0.25, -0.2) is 0 Å². The lowest BCUT2D eigenvalue weighted by Gasteiger charge is -2.06. The molecule has 0 bridgehead atoms. The van der Waals surface area contributed by atoms with Gasteiger partial charge in [0.05, 0.1) is 6.61 Å². The summed E-state index contributed by atoms with van der Waals surface area (Å²) in [5, 5.41) is 0. The molecule has 0 saturated heterocycles. The van der Waals surface area contributed by atoms with E-state index in [1.54, 1.807) is 0 Å². The Bertz CT molecular complexity index is 48.1. The van der Waals surface area contributed by atoms with Crippen LogP contribution in [0.4, 0.5) is 8.78 Å². The molecular weight excluding hydrogens is 102 g/mol. The molecule has 0 amide bonds. The summed E-state index contributed by atoms with van der Waals surface area (Å²) in [4.78, 5) is 0. The Morgan fingerprint density at radius 3 is 2.14 bits per heavy atom. The quantitative estimate of drug-likeness (QED) is 0.521. The van der Waals surface area contributed by atoms with Crippen LogP contribution in [0.1, 0.15) is 6.92 Å². The van der Waals surface area contributed by atoms with Crippen molar-refractivity contribution in [2.75, 3.05) is 6.61 Å². The predicted octanol–water partition coefficient (Wildman–Crippen LogP) is 1.45. The monoisotopic (exact) mass is 109 g/mol. The van der Waals surface area contributed by atoms with Gasteiger partial charge < -0.3 is 4.74 Å². The molecule has 0 atom stereocenters. The smallest absolute Gasteiger partial charge is 0.321 e. The van der Waals surface area contributed by atoms with Crippen molar-refractivity contribution in [3.63, 3.8) is 0 Å². The number of rotatable bonds is 2. The molecule has 0 aliphatic carbocycles. The van der Waals surface area contributed by atoms with Crippen LogP contribution in [0.5, 0.6) is 0 Å². The van der Waals surface area contributed by atoms with E-state index in [0.717, 1.165) is 0 Å². The number of halogens is 2. The second-order valence-electron chi connectivity index (χ2n) is 1.07. The zero-order chi connectivity index (χ0) is 5.91. The van der Waals surface area contributed by atoms with E-state index in [1.165, 1.54) is 6.92 Å². The van der Waals surface area contributed by atoms with Crippen molar-refractivity contribution in [3.05, 3.63) is 6.92 Å². The van der Waals surface area contributed by atoms with Gasteiger partial charge >= 0.3 is 6.11 Å². The summed E-state index contributed by atoms with van der Waals surface area (Å²) < 4.78 is 26.6. The third-order valence-electron chi connectivity index (χ3n) is 0.356. The van der Waals surface area contributed by atoms with E-state index < -0.39 is 6.11 Å². The van der Waals surface area contributed by atoms with Crippen LogP contribution in [-0.2, 0) is 4.74 Å². The fourth-order valence-electron chi connectivity index (χ4n) is 0.211. The molecule has 0 saturated carbocycles. The topological polar surface area (TPSA) is 9.23 Å². The van der Waals surface area contributed by atoms with E-state index >= 15 is 0 Å². The largest absolute Gasteiger partial charge is 0.356 e. The van der Waals surface area contributed by atoms with Crippen molar-refractivity contribution in [1.29, 1.82) is 0 Å². The molecule has 7 heavy (non-hydrogen) atoms. The summed E-state index contributed by atoms with van der Waals surface area (Å²) in [5.41, 5.74) is 0. The first-order valence-electron chi connectivity index (χ1n) is 1.93. The zero-order valence-electron chi connectivity index (χ0n) is 4.08. The average molecular weight is 109 g/mol. The SMILES string of the molecule is [CH2]C(F)(F)OCC. The fourth-order valence-corrected chi connectivity index (χ4v) is 0.211. The minimum Gasteiger partial charge on any atom is -0.321 e. The molecule has 0 aromatic carbocycles. The van der Waals surface area contributed by atoms with E-state index in [-0.39, 0.29) is 6.61 Å². The molecule has 0 fully saturated rings. The first-order chi connectivity index (χ1) is 3.06. The van der Waals surface area contributed by atoms with Crippen molar-refractivity contribution in [3.8, 4) is 0 Å². The van der Waals surface area contributed by atoms with Gasteiger partial charge in [-0.3, -0.25) is 0 Å². The molecule has 43 valence electrons. The normalized spacial score (nSPS) is 12.0. The van der Waals surface area contributed by atoms with Crippen LogP contribution in [0.3, 0.4) is 0 Å². The standard InChI is InChI=1S/C4H7F2O/c1-3-7-4(2,5)6/h2-3H2,1H3. The van der Waals surface area contributed by atoms with Gasteiger partial charge in [-0.1, -0.05) is 0 Å². The molecule has 0 aliphatic rings. The van der Waals surface area contributed by atoms with Crippen LogP contribution in [-0.4, -0.2) is 12.7 Å². The Kier molecular flexibility index (Phi) is 2.15. The zero-order valence-corrected chi connectivity index (χ0v) is 4.08. The molecule has 0 N–H and O–H groups in total. The van der Waals surface area contributed by atoms with Gasteiger partial charge in [-0.2, -0.15) is 8.78 Å². The molecule has 1 nitrogen and oxygen atoms in total. The molecule has 3 heteroatoms. The molecule has 1 radical (unpaired) electrons. The molecule has 0 heterocycles. The average Bonchev–Trinajstić information content (AvgIpc) is 1.30. The molecule has 0 rings (SSSR count). The molecule has 0 aromatic rings. The highest BCUT2D eigenvalue weighted by atomic mass is 19.3. The number of ether oxygens (including phenoxy) is 1. The van der Waals surface area contributed by atoms with Gasteiger partial charge in [-0.15, -0.1) is 0 Å². The van der Waals surface area contributed by atoms with Crippen LogP contribution in [0, 0.1) is 6.92 Å². The minimum absolute atomic E-state index is 0.00347. The third-order valence-corrected chi connectivity index (χ3v) is 0.356. The molecule has 0 spiro atoms. The lowest BCUT2D eigenvalue weighted by molar-refractivity contribution is -0.199. The van der Waals surface area contributed by atoms with Gasteiger partial charge in [0.25, 0.3) is 0 Å². The lowest BCUT2D eigenvalue weighted by Crippen LogP contribution is -2.14. The molecule has 0 aromatic heterocycles. The first-order valence-corrected chi connectivity index (χ1v) is 1.93. The summed E-state index contributed by atoms with van der Waals surface area (Å²) in [7, 11) is 0. The number of alkyl halides is 2. The van der Waals surface area contributed by atoms with E-state index in [4.69, 9.17) is 0 Å². The highest BCUT2D eigenvalue weighted by Gasteiger charge is 2.19. The maximum Gasteiger partial charge on any atom is 0.356 e. The molecule has 0 unspecified atom stereocenters. The Hall–Kier alpha value is -0.180. The van der Waals surface area contributed by atoms with Crippen molar-refractivity contribution in [2.45, 2.75) is 13.0 Å². The predicted molar refractivity (Wildman–Crippen MR) is 21.9 cm³/mol. The summed E-state index contributed by atoms with van der Waals surface area (Å²) in [6, 6.07) is 0. The van der Waals surface area contributed by atoms with Gasteiger partial charge in [0.2, 0.25) is 0 Å². The van der Waals surface area contributed by atoms with E-state index in [0.29, 0.717) is 0 Å². The van der Waals surface area contributed by atoms with Gasteiger partial charge in [0, 0.05) is 6.92 Å². The Morgan fingerprint density at radius 2 is 2.14 bits per heavy atom.